The lowest BCUT2D eigenvalue weighted by atomic mass is 9.87. The predicted octanol–water partition coefficient (Wildman–Crippen LogP) is 3.30. The summed E-state index contributed by atoms with van der Waals surface area (Å²) in [5.41, 5.74) is 0.300. The van der Waals surface area contributed by atoms with Gasteiger partial charge in [0, 0.05) is 13.0 Å². The molecule has 1 fully saturated rings. The van der Waals surface area contributed by atoms with Gasteiger partial charge in [0.2, 0.25) is 5.34 Å². The van der Waals surface area contributed by atoms with E-state index in [-0.39, 0.29) is 0 Å². The van der Waals surface area contributed by atoms with Crippen molar-refractivity contribution in [3.63, 3.8) is 0 Å². The minimum atomic E-state index is -4.77. The van der Waals surface area contributed by atoms with E-state index in [1.54, 1.807) is 51.1 Å². The topological polar surface area (TPSA) is 93.1 Å². The van der Waals surface area contributed by atoms with Crippen LogP contribution in [0.15, 0.2) is 30.3 Å². The molecule has 1 aliphatic heterocycles. The average molecular weight is 334 g/mol. The van der Waals surface area contributed by atoms with Crippen LogP contribution in [0.3, 0.4) is 0 Å². The zero-order valence-electron chi connectivity index (χ0n) is 12.4. The van der Waals surface area contributed by atoms with Gasteiger partial charge in [0.05, 0.1) is 5.16 Å². The van der Waals surface area contributed by atoms with Gasteiger partial charge in [-0.2, -0.15) is 0 Å². The van der Waals surface area contributed by atoms with Crippen molar-refractivity contribution in [2.75, 3.05) is 7.11 Å². The van der Waals surface area contributed by atoms with Gasteiger partial charge < -0.3 is 14.3 Å². The third kappa shape index (κ3) is 2.17. The first-order valence-corrected chi connectivity index (χ1v) is 9.66. The molecule has 118 valence electrons. The van der Waals surface area contributed by atoms with Gasteiger partial charge in [0.15, 0.2) is 0 Å². The summed E-state index contributed by atoms with van der Waals surface area (Å²) >= 11 is 0. The Balaban J connectivity index is 2.77. The summed E-state index contributed by atoms with van der Waals surface area (Å²) in [5.74, 6) is -0.709. The van der Waals surface area contributed by atoms with Crippen molar-refractivity contribution in [3.8, 4) is 0 Å². The second-order valence-electron chi connectivity index (χ2n) is 5.75. The lowest BCUT2D eigenvalue weighted by molar-refractivity contribution is 0.0840. The molecule has 0 saturated carbocycles. The first-order chi connectivity index (χ1) is 9.53. The van der Waals surface area contributed by atoms with Crippen molar-refractivity contribution < 1.29 is 28.0 Å². The second kappa shape index (κ2) is 5.02. The normalized spacial score (nSPS) is 35.8. The van der Waals surface area contributed by atoms with Crippen LogP contribution in [0.25, 0.3) is 0 Å². The van der Waals surface area contributed by atoms with Crippen molar-refractivity contribution in [2.24, 2.45) is 5.92 Å². The molecule has 0 radical (unpaired) electrons. The summed E-state index contributed by atoms with van der Waals surface area (Å²) in [7, 11) is -7.22. The predicted molar refractivity (Wildman–Crippen MR) is 79.1 cm³/mol. The summed E-state index contributed by atoms with van der Waals surface area (Å²) in [5, 5.41) is -3.00. The van der Waals surface area contributed by atoms with E-state index in [0.717, 1.165) is 0 Å². The van der Waals surface area contributed by atoms with Crippen molar-refractivity contribution >= 4 is 15.2 Å². The van der Waals surface area contributed by atoms with Gasteiger partial charge in [-0.1, -0.05) is 37.3 Å². The van der Waals surface area contributed by atoms with Gasteiger partial charge in [-0.15, -0.1) is 0 Å². The minimum absolute atomic E-state index is 0.300. The van der Waals surface area contributed by atoms with Crippen LogP contribution in [0.2, 0.25) is 0 Å². The van der Waals surface area contributed by atoms with E-state index < -0.39 is 31.6 Å². The van der Waals surface area contributed by atoms with E-state index in [2.05, 4.69) is 0 Å². The van der Waals surface area contributed by atoms with Gasteiger partial charge in [0.1, 0.15) is 0 Å². The number of benzene rings is 1. The molecule has 8 heteroatoms. The third-order valence-corrected chi connectivity index (χ3v) is 9.03. The molecule has 0 aliphatic carbocycles. The van der Waals surface area contributed by atoms with Crippen LogP contribution in [-0.2, 0) is 23.5 Å². The highest BCUT2D eigenvalue weighted by Gasteiger charge is 2.71. The van der Waals surface area contributed by atoms with E-state index in [1.807, 2.05) is 0 Å². The summed E-state index contributed by atoms with van der Waals surface area (Å²) in [4.78, 5) is 19.9. The van der Waals surface area contributed by atoms with Crippen LogP contribution in [0.5, 0.6) is 0 Å². The highest BCUT2D eigenvalue weighted by Crippen LogP contribution is 2.81. The summed E-state index contributed by atoms with van der Waals surface area (Å²) in [6.07, 6.45) is 0. The smallest absolute Gasteiger partial charge is 0.322 e. The van der Waals surface area contributed by atoms with Gasteiger partial charge in [0.25, 0.3) is 0 Å². The molecule has 1 aromatic rings. The fourth-order valence-electron chi connectivity index (χ4n) is 2.82. The van der Waals surface area contributed by atoms with Crippen LogP contribution in [-0.4, -0.2) is 22.1 Å². The fourth-order valence-corrected chi connectivity index (χ4v) is 7.05. The van der Waals surface area contributed by atoms with Crippen LogP contribution >= 0.6 is 15.2 Å². The van der Waals surface area contributed by atoms with Gasteiger partial charge in [-0.25, -0.2) is 0 Å². The maximum Gasteiger partial charge on any atom is 0.362 e. The number of rotatable bonds is 3. The standard InChI is InChI=1S/C13H20O6P2/c1-10-12(2,3)21(17,18-4)19-13(10,20(14,15)16)11-8-6-5-7-9-11/h5-10H,1-4H3,(H2,14,15,16). The van der Waals surface area contributed by atoms with Crippen molar-refractivity contribution in [2.45, 2.75) is 31.3 Å². The largest absolute Gasteiger partial charge is 0.362 e. The van der Waals surface area contributed by atoms with Crippen LogP contribution < -0.4 is 0 Å². The maximum absolute atomic E-state index is 12.9. The molecule has 0 aromatic heterocycles. The Morgan fingerprint density at radius 2 is 1.81 bits per heavy atom. The van der Waals surface area contributed by atoms with Crippen molar-refractivity contribution in [3.05, 3.63) is 35.9 Å². The molecule has 1 aromatic carbocycles. The second-order valence-corrected chi connectivity index (χ2v) is 10.2. The molecule has 2 N–H and O–H groups in total. The summed E-state index contributed by atoms with van der Waals surface area (Å²) < 4.78 is 35.7. The molecule has 0 bridgehead atoms. The van der Waals surface area contributed by atoms with Crippen LogP contribution in [0.1, 0.15) is 26.3 Å². The van der Waals surface area contributed by atoms with E-state index in [1.165, 1.54) is 7.11 Å². The third-order valence-electron chi connectivity index (χ3n) is 4.47. The molecule has 2 rings (SSSR count). The lowest BCUT2D eigenvalue weighted by Crippen LogP contribution is -2.37. The van der Waals surface area contributed by atoms with Crippen molar-refractivity contribution in [1.29, 1.82) is 0 Å². The van der Waals surface area contributed by atoms with Gasteiger partial charge in [-0.3, -0.25) is 13.7 Å². The highest BCUT2D eigenvalue weighted by atomic mass is 31.2. The van der Waals surface area contributed by atoms with E-state index in [4.69, 9.17) is 9.05 Å². The number of hydrogen-bond donors (Lipinski definition) is 2. The Morgan fingerprint density at radius 3 is 2.19 bits per heavy atom. The van der Waals surface area contributed by atoms with E-state index in [0.29, 0.717) is 5.56 Å². The van der Waals surface area contributed by atoms with Gasteiger partial charge >= 0.3 is 15.2 Å². The lowest BCUT2D eigenvalue weighted by Gasteiger charge is -2.34. The Labute approximate surface area is 124 Å². The van der Waals surface area contributed by atoms with Crippen LogP contribution in [0.4, 0.5) is 0 Å². The van der Waals surface area contributed by atoms with Crippen LogP contribution in [0, 0.1) is 5.92 Å². The average Bonchev–Trinajstić information content (AvgIpc) is 2.58. The SMILES string of the molecule is COP1(=O)OC(c2ccccc2)(P(=O)(O)O)C(C)C1(C)C. The molecule has 3 unspecified atom stereocenters. The molecule has 6 nitrogen and oxygen atoms in total. The quantitative estimate of drug-likeness (QED) is 0.824. The molecule has 0 spiro atoms. The Bertz CT molecular complexity index is 623. The van der Waals surface area contributed by atoms with Gasteiger partial charge in [-0.05, 0) is 19.4 Å². The summed E-state index contributed by atoms with van der Waals surface area (Å²) in [6.45, 7) is 4.91. The van der Waals surface area contributed by atoms with E-state index >= 15 is 0 Å². The van der Waals surface area contributed by atoms with Crippen molar-refractivity contribution in [1.82, 2.24) is 0 Å². The zero-order chi connectivity index (χ0) is 16.1. The minimum Gasteiger partial charge on any atom is -0.322 e. The maximum atomic E-state index is 12.9. The first kappa shape index (κ1) is 16.9. The molecular formula is C13H20O6P2. The molecular weight excluding hydrogens is 314 g/mol. The molecule has 1 saturated heterocycles. The Morgan fingerprint density at radius 1 is 1.29 bits per heavy atom. The Kier molecular flexibility index (Phi) is 4.04. The Hall–Kier alpha value is -0.480. The molecule has 1 heterocycles. The zero-order valence-corrected chi connectivity index (χ0v) is 14.2. The highest BCUT2D eigenvalue weighted by molar-refractivity contribution is 7.59. The molecule has 21 heavy (non-hydrogen) atoms. The molecule has 3 atom stereocenters. The number of hydrogen-bond acceptors (Lipinski definition) is 4. The fraction of sp³-hybridized carbons (Fsp3) is 0.538. The molecule has 1 aliphatic rings. The molecule has 0 amide bonds. The first-order valence-electron chi connectivity index (χ1n) is 6.51. The summed E-state index contributed by atoms with van der Waals surface area (Å²) in [6, 6.07) is 8.18. The monoisotopic (exact) mass is 334 g/mol. The van der Waals surface area contributed by atoms with E-state index in [9.17, 15) is 18.9 Å².